The number of carboxylic acids is 1. The lowest BCUT2D eigenvalue weighted by Crippen LogP contribution is -2.21. The number of aromatic carboxylic acids is 1. The van der Waals surface area contributed by atoms with Gasteiger partial charge < -0.3 is 9.63 Å². The van der Waals surface area contributed by atoms with Crippen LogP contribution in [0.4, 0.5) is 0 Å². The Labute approximate surface area is 177 Å². The summed E-state index contributed by atoms with van der Waals surface area (Å²) in [7, 11) is 0. The van der Waals surface area contributed by atoms with Crippen LogP contribution in [-0.2, 0) is 6.54 Å². The molecule has 5 rings (SSSR count). The first-order chi connectivity index (χ1) is 14.8. The summed E-state index contributed by atoms with van der Waals surface area (Å²) in [5.41, 5.74) is 4.33. The van der Waals surface area contributed by atoms with Crippen molar-refractivity contribution in [1.29, 1.82) is 0 Å². The molecule has 8 heteroatoms. The molecule has 8 nitrogen and oxygen atoms in total. The molecule has 0 spiro atoms. The van der Waals surface area contributed by atoms with E-state index in [-0.39, 0.29) is 11.1 Å². The van der Waals surface area contributed by atoms with Crippen molar-refractivity contribution in [3.05, 3.63) is 74.8 Å². The molecule has 1 aliphatic heterocycles. The quantitative estimate of drug-likeness (QED) is 0.546. The normalized spacial score (nSPS) is 14.5. The Balaban J connectivity index is 1.64. The lowest BCUT2D eigenvalue weighted by atomic mass is 10.1. The number of aromatic nitrogens is 4. The number of allylic oxidation sites excluding steroid dienone is 1. The van der Waals surface area contributed by atoms with Gasteiger partial charge >= 0.3 is 5.97 Å². The van der Waals surface area contributed by atoms with Gasteiger partial charge in [-0.1, -0.05) is 5.16 Å². The Kier molecular flexibility index (Phi) is 4.18. The van der Waals surface area contributed by atoms with Crippen molar-refractivity contribution in [2.24, 2.45) is 0 Å². The fourth-order valence-electron chi connectivity index (χ4n) is 4.22. The van der Waals surface area contributed by atoms with E-state index in [1.807, 2.05) is 37.5 Å². The maximum Gasteiger partial charge on any atom is 0.335 e. The average molecular weight is 416 g/mol. The van der Waals surface area contributed by atoms with Crippen molar-refractivity contribution in [3.63, 3.8) is 0 Å². The van der Waals surface area contributed by atoms with Gasteiger partial charge in [0.15, 0.2) is 5.82 Å². The first-order valence-corrected chi connectivity index (χ1v) is 9.95. The largest absolute Gasteiger partial charge is 0.478 e. The second-order valence-electron chi connectivity index (χ2n) is 7.81. The molecule has 156 valence electrons. The number of carboxylic acid groups (broad SMARTS) is 1. The van der Waals surface area contributed by atoms with Gasteiger partial charge in [0, 0.05) is 24.0 Å². The summed E-state index contributed by atoms with van der Waals surface area (Å²) in [5.74, 6) is 1.01. The molecule has 0 unspecified atom stereocenters. The molecule has 0 aliphatic carbocycles. The van der Waals surface area contributed by atoms with Crippen LogP contribution < -0.4 is 5.56 Å². The van der Waals surface area contributed by atoms with E-state index in [2.05, 4.69) is 16.2 Å². The molecule has 3 aromatic heterocycles. The van der Waals surface area contributed by atoms with Gasteiger partial charge in [0.1, 0.15) is 11.6 Å². The molecule has 0 bridgehead atoms. The fraction of sp³-hybridized carbons (Fsp3) is 0.217. The van der Waals surface area contributed by atoms with E-state index in [1.54, 1.807) is 4.57 Å². The monoisotopic (exact) mass is 416 g/mol. The number of nitrogens with zero attached hydrogens (tertiary/aromatic N) is 4. The smallest absolute Gasteiger partial charge is 0.335 e. The highest BCUT2D eigenvalue weighted by molar-refractivity contribution is 5.93. The summed E-state index contributed by atoms with van der Waals surface area (Å²) in [6, 6.07) is 8.38. The Hall–Kier alpha value is -3.94. The number of rotatable bonds is 3. The molecule has 1 N–H and O–H groups in total. The van der Waals surface area contributed by atoms with Crippen LogP contribution in [0, 0.1) is 20.8 Å². The first kappa shape index (κ1) is 19.0. The highest BCUT2D eigenvalue weighted by Crippen LogP contribution is 2.30. The van der Waals surface area contributed by atoms with E-state index in [1.165, 1.54) is 18.2 Å². The molecule has 0 saturated heterocycles. The number of hydrogen-bond donors (Lipinski definition) is 1. The highest BCUT2D eigenvalue weighted by atomic mass is 16.5. The number of benzene rings is 1. The number of hydrogen-bond acceptors (Lipinski definition) is 5. The van der Waals surface area contributed by atoms with E-state index in [9.17, 15) is 14.7 Å². The third-order valence-corrected chi connectivity index (χ3v) is 5.74. The zero-order valence-electron chi connectivity index (χ0n) is 17.3. The molecule has 31 heavy (non-hydrogen) atoms. The number of carbonyl (C=O) groups is 1. The molecule has 0 saturated carbocycles. The van der Waals surface area contributed by atoms with Crippen LogP contribution in [0.1, 0.15) is 45.3 Å². The lowest BCUT2D eigenvalue weighted by molar-refractivity contribution is 0.0697. The Morgan fingerprint density at radius 3 is 2.71 bits per heavy atom. The molecular formula is C23H20N4O4. The minimum Gasteiger partial charge on any atom is -0.478 e. The second kappa shape index (κ2) is 6.80. The number of aryl methyl sites for hydroxylation is 2. The van der Waals surface area contributed by atoms with Gasteiger partial charge in [0.05, 0.1) is 16.5 Å². The molecule has 4 aromatic rings. The maximum atomic E-state index is 12.9. The van der Waals surface area contributed by atoms with E-state index in [4.69, 9.17) is 4.52 Å². The predicted octanol–water partition coefficient (Wildman–Crippen LogP) is 3.74. The van der Waals surface area contributed by atoms with Crippen LogP contribution in [0.15, 0.2) is 39.6 Å². The average Bonchev–Trinajstić information content (AvgIpc) is 3.40. The van der Waals surface area contributed by atoms with Gasteiger partial charge in [-0.05, 0) is 68.7 Å². The maximum absolute atomic E-state index is 12.9. The molecule has 0 atom stereocenters. The third-order valence-electron chi connectivity index (χ3n) is 5.74. The first-order valence-electron chi connectivity index (χ1n) is 9.95. The Morgan fingerprint density at radius 1 is 1.19 bits per heavy atom. The summed E-state index contributed by atoms with van der Waals surface area (Å²) in [6.07, 6.45) is 2.72. The molecule has 0 radical (unpaired) electrons. The standard InChI is InChI=1S/C23H20N4O4/c1-12-8-17(14(3)27(12)20-9-13(2)31-25-20)10-15-6-7-26-21(15)24-19-11-16(23(29)30)4-5-18(19)22(26)28/h4-5,8-11H,6-7H2,1-3H3,(H,29,30). The summed E-state index contributed by atoms with van der Waals surface area (Å²) in [6.45, 7) is 6.42. The summed E-state index contributed by atoms with van der Waals surface area (Å²) >= 11 is 0. The van der Waals surface area contributed by atoms with Crippen LogP contribution in [0.2, 0.25) is 0 Å². The van der Waals surface area contributed by atoms with E-state index in [0.717, 1.165) is 34.1 Å². The van der Waals surface area contributed by atoms with E-state index in [0.29, 0.717) is 29.7 Å². The minimum atomic E-state index is -1.05. The van der Waals surface area contributed by atoms with Gasteiger partial charge in [0.25, 0.3) is 5.56 Å². The molecule has 1 aromatic carbocycles. The summed E-state index contributed by atoms with van der Waals surface area (Å²) < 4.78 is 8.91. The van der Waals surface area contributed by atoms with E-state index >= 15 is 0 Å². The molecule has 4 heterocycles. The van der Waals surface area contributed by atoms with Gasteiger partial charge in [-0.2, -0.15) is 0 Å². The zero-order chi connectivity index (χ0) is 21.9. The second-order valence-corrected chi connectivity index (χ2v) is 7.81. The van der Waals surface area contributed by atoms with Crippen LogP contribution in [0.3, 0.4) is 0 Å². The third kappa shape index (κ3) is 2.99. The zero-order valence-corrected chi connectivity index (χ0v) is 17.3. The van der Waals surface area contributed by atoms with Gasteiger partial charge in [-0.25, -0.2) is 9.78 Å². The van der Waals surface area contributed by atoms with Gasteiger partial charge in [-0.3, -0.25) is 13.9 Å². The molecule has 0 fully saturated rings. The Morgan fingerprint density at radius 2 is 2.00 bits per heavy atom. The number of fused-ring (bicyclic) bond motifs is 2. The summed E-state index contributed by atoms with van der Waals surface area (Å²) in [5, 5.41) is 13.8. The van der Waals surface area contributed by atoms with Crippen molar-refractivity contribution >= 4 is 28.5 Å². The van der Waals surface area contributed by atoms with E-state index < -0.39 is 5.97 Å². The van der Waals surface area contributed by atoms with Crippen LogP contribution in [0.25, 0.3) is 28.4 Å². The SMILES string of the molecule is Cc1cc(-n2c(C)cc(C=C3CCn4c3nc3cc(C(=O)O)ccc3c4=O)c2C)no1. The lowest BCUT2D eigenvalue weighted by Gasteiger charge is -2.07. The fourth-order valence-corrected chi connectivity index (χ4v) is 4.22. The van der Waals surface area contributed by atoms with Gasteiger partial charge in [-0.15, -0.1) is 0 Å². The van der Waals surface area contributed by atoms with Crippen molar-refractivity contribution in [2.45, 2.75) is 33.7 Å². The van der Waals surface area contributed by atoms with Crippen LogP contribution >= 0.6 is 0 Å². The predicted molar refractivity (Wildman–Crippen MR) is 115 cm³/mol. The minimum absolute atomic E-state index is 0.110. The molecule has 1 aliphatic rings. The van der Waals surface area contributed by atoms with Crippen molar-refractivity contribution in [1.82, 2.24) is 19.3 Å². The van der Waals surface area contributed by atoms with Crippen molar-refractivity contribution in [2.75, 3.05) is 0 Å². The highest BCUT2D eigenvalue weighted by Gasteiger charge is 2.22. The molecular weight excluding hydrogens is 396 g/mol. The van der Waals surface area contributed by atoms with Crippen LogP contribution in [-0.4, -0.2) is 30.4 Å². The summed E-state index contributed by atoms with van der Waals surface area (Å²) in [4.78, 5) is 28.9. The van der Waals surface area contributed by atoms with Crippen LogP contribution in [0.5, 0.6) is 0 Å². The van der Waals surface area contributed by atoms with Gasteiger partial charge in [0.2, 0.25) is 0 Å². The Bertz CT molecular complexity index is 1470. The topological polar surface area (TPSA) is 103 Å². The van der Waals surface area contributed by atoms with Crippen molar-refractivity contribution in [3.8, 4) is 5.82 Å². The van der Waals surface area contributed by atoms with Crippen molar-refractivity contribution < 1.29 is 14.4 Å². The molecule has 0 amide bonds.